The third-order valence-corrected chi connectivity index (χ3v) is 6.76. The molecule has 26 heavy (non-hydrogen) atoms. The number of fused-ring (bicyclic) bond motifs is 1. The Morgan fingerprint density at radius 1 is 1.15 bits per heavy atom. The predicted octanol–water partition coefficient (Wildman–Crippen LogP) is 4.44. The highest BCUT2D eigenvalue weighted by Crippen LogP contribution is 2.37. The molecule has 132 valence electrons. The van der Waals surface area contributed by atoms with Gasteiger partial charge in [-0.3, -0.25) is 5.10 Å². The maximum absolute atomic E-state index is 11.3. The number of H-pyrrole nitrogens is 1. The smallest absolute Gasteiger partial charge is 0.238 e. The molecule has 0 aliphatic carbocycles. The van der Waals surface area contributed by atoms with Crippen LogP contribution in [-0.4, -0.2) is 18.6 Å². The summed E-state index contributed by atoms with van der Waals surface area (Å²) in [5.74, 6) is 0.637. The van der Waals surface area contributed by atoms with E-state index in [1.54, 1.807) is 23.5 Å². The first-order valence-electron chi connectivity index (χ1n) is 7.53. The molecule has 0 bridgehead atoms. The summed E-state index contributed by atoms with van der Waals surface area (Å²) in [6, 6.07) is 14.2. The third-order valence-electron chi connectivity index (χ3n) is 3.88. The van der Waals surface area contributed by atoms with Crippen molar-refractivity contribution in [3.63, 3.8) is 0 Å². The number of primary sulfonamides is 1. The number of thiophene rings is 1. The van der Waals surface area contributed by atoms with Crippen LogP contribution in [0, 0.1) is 0 Å². The van der Waals surface area contributed by atoms with E-state index in [9.17, 15) is 8.42 Å². The monoisotopic (exact) mass is 448 g/mol. The van der Waals surface area contributed by atoms with Crippen molar-refractivity contribution >= 4 is 58.9 Å². The van der Waals surface area contributed by atoms with Crippen LogP contribution >= 0.6 is 27.3 Å². The van der Waals surface area contributed by atoms with E-state index in [0.29, 0.717) is 11.5 Å². The predicted molar refractivity (Wildman–Crippen MR) is 108 cm³/mol. The van der Waals surface area contributed by atoms with Gasteiger partial charge in [0, 0.05) is 37.3 Å². The average Bonchev–Trinajstić information content (AvgIpc) is 3.22. The number of nitrogens with one attached hydrogen (secondary N) is 2. The topological polar surface area (TPSA) is 101 Å². The third kappa shape index (κ3) is 3.26. The van der Waals surface area contributed by atoms with Crippen LogP contribution in [0.3, 0.4) is 0 Å². The van der Waals surface area contributed by atoms with Gasteiger partial charge in [-0.1, -0.05) is 12.1 Å². The molecule has 0 radical (unpaired) electrons. The van der Waals surface area contributed by atoms with E-state index >= 15 is 0 Å². The van der Waals surface area contributed by atoms with Crippen molar-refractivity contribution in [2.45, 2.75) is 4.90 Å². The number of nitrogens with two attached hydrogens (primary N) is 1. The van der Waals surface area contributed by atoms with E-state index in [4.69, 9.17) is 5.14 Å². The lowest BCUT2D eigenvalue weighted by Gasteiger charge is -2.03. The second-order valence-electron chi connectivity index (χ2n) is 5.63. The van der Waals surface area contributed by atoms with Crippen molar-refractivity contribution in [3.8, 4) is 11.3 Å². The van der Waals surface area contributed by atoms with Gasteiger partial charge in [-0.05, 0) is 46.3 Å². The fraction of sp³-hybridized carbons (Fsp3) is 0. The average molecular weight is 449 g/mol. The van der Waals surface area contributed by atoms with Crippen LogP contribution in [0.25, 0.3) is 21.3 Å². The number of aromatic amines is 1. The van der Waals surface area contributed by atoms with E-state index < -0.39 is 10.0 Å². The van der Waals surface area contributed by atoms with Crippen LogP contribution in [0.1, 0.15) is 0 Å². The van der Waals surface area contributed by atoms with Gasteiger partial charge >= 0.3 is 0 Å². The molecule has 4 rings (SSSR count). The first kappa shape index (κ1) is 17.2. The number of rotatable bonds is 4. The lowest BCUT2D eigenvalue weighted by atomic mass is 10.1. The Morgan fingerprint density at radius 3 is 2.65 bits per heavy atom. The number of aromatic nitrogens is 2. The minimum atomic E-state index is -3.69. The lowest BCUT2D eigenvalue weighted by molar-refractivity contribution is 0.598. The minimum Gasteiger partial charge on any atom is -0.339 e. The minimum absolute atomic E-state index is 0.0705. The van der Waals surface area contributed by atoms with E-state index in [-0.39, 0.29) is 4.90 Å². The second kappa shape index (κ2) is 6.51. The van der Waals surface area contributed by atoms with Gasteiger partial charge in [-0.25, -0.2) is 13.6 Å². The zero-order valence-corrected chi connectivity index (χ0v) is 16.5. The number of halogens is 1. The van der Waals surface area contributed by atoms with E-state index in [1.807, 2.05) is 18.2 Å². The van der Waals surface area contributed by atoms with Crippen molar-refractivity contribution in [2.75, 3.05) is 5.32 Å². The van der Waals surface area contributed by atoms with Gasteiger partial charge in [0.1, 0.15) is 0 Å². The molecule has 0 fully saturated rings. The zero-order chi connectivity index (χ0) is 18.3. The number of anilines is 2. The summed E-state index contributed by atoms with van der Waals surface area (Å²) in [4.78, 5) is 0.0705. The maximum atomic E-state index is 11.3. The quantitative estimate of drug-likeness (QED) is 0.429. The molecule has 6 nitrogen and oxygen atoms in total. The molecule has 0 saturated carbocycles. The summed E-state index contributed by atoms with van der Waals surface area (Å²) in [6.45, 7) is 0. The van der Waals surface area contributed by atoms with Crippen LogP contribution in [-0.2, 0) is 10.0 Å². The summed E-state index contributed by atoms with van der Waals surface area (Å²) in [7, 11) is -3.69. The molecule has 0 amide bonds. The highest BCUT2D eigenvalue weighted by molar-refractivity contribution is 9.10. The highest BCUT2D eigenvalue weighted by atomic mass is 79.9. The number of hydrogen-bond acceptors (Lipinski definition) is 5. The SMILES string of the molecule is NS(=O)(=O)c1ccc(Nc2cc(-c3csc4c(Br)cccc34)[nH]n2)cc1. The fourth-order valence-corrected chi connectivity index (χ4v) is 4.77. The second-order valence-corrected chi connectivity index (χ2v) is 8.92. The van der Waals surface area contributed by atoms with Gasteiger partial charge in [0.25, 0.3) is 0 Å². The van der Waals surface area contributed by atoms with Crippen LogP contribution in [0.15, 0.2) is 63.3 Å². The Kier molecular flexibility index (Phi) is 4.31. The van der Waals surface area contributed by atoms with Gasteiger partial charge in [0.15, 0.2) is 5.82 Å². The lowest BCUT2D eigenvalue weighted by Crippen LogP contribution is -2.11. The molecule has 0 unspecified atom stereocenters. The van der Waals surface area contributed by atoms with Crippen molar-refractivity contribution in [3.05, 3.63) is 58.4 Å². The van der Waals surface area contributed by atoms with Crippen molar-refractivity contribution < 1.29 is 8.42 Å². The van der Waals surface area contributed by atoms with Crippen LogP contribution < -0.4 is 10.5 Å². The maximum Gasteiger partial charge on any atom is 0.238 e. The molecular formula is C17H13BrN4O2S2. The number of sulfonamides is 1. The summed E-state index contributed by atoms with van der Waals surface area (Å²) >= 11 is 5.24. The largest absolute Gasteiger partial charge is 0.339 e. The molecule has 2 heterocycles. The Balaban J connectivity index is 1.61. The summed E-state index contributed by atoms with van der Waals surface area (Å²) in [5, 5.41) is 18.8. The Bertz CT molecular complexity index is 1200. The molecule has 0 atom stereocenters. The van der Waals surface area contributed by atoms with E-state index in [1.165, 1.54) is 16.8 Å². The molecule has 0 saturated heterocycles. The van der Waals surface area contributed by atoms with Gasteiger partial charge in [-0.15, -0.1) is 11.3 Å². The molecule has 2 aromatic heterocycles. The van der Waals surface area contributed by atoms with Gasteiger partial charge < -0.3 is 5.32 Å². The molecular weight excluding hydrogens is 436 g/mol. The molecule has 2 aromatic carbocycles. The van der Waals surface area contributed by atoms with Crippen molar-refractivity contribution in [1.29, 1.82) is 0 Å². The van der Waals surface area contributed by atoms with Crippen LogP contribution in [0.4, 0.5) is 11.5 Å². The molecule has 4 aromatic rings. The molecule has 0 spiro atoms. The zero-order valence-electron chi connectivity index (χ0n) is 13.2. The number of benzene rings is 2. The Labute approximate surface area is 162 Å². The van der Waals surface area contributed by atoms with Crippen LogP contribution in [0.2, 0.25) is 0 Å². The summed E-state index contributed by atoms with van der Waals surface area (Å²) in [5.41, 5.74) is 2.70. The van der Waals surface area contributed by atoms with Gasteiger partial charge in [-0.2, -0.15) is 5.10 Å². The fourth-order valence-electron chi connectivity index (χ4n) is 2.63. The summed E-state index contributed by atoms with van der Waals surface area (Å²) in [6.07, 6.45) is 0. The van der Waals surface area contributed by atoms with Crippen molar-refractivity contribution in [1.82, 2.24) is 10.2 Å². The van der Waals surface area contributed by atoms with E-state index in [0.717, 1.165) is 21.1 Å². The van der Waals surface area contributed by atoms with Gasteiger partial charge in [0.2, 0.25) is 10.0 Å². The first-order chi connectivity index (χ1) is 12.4. The number of nitrogens with zero attached hydrogens (tertiary/aromatic N) is 1. The van der Waals surface area contributed by atoms with Crippen LogP contribution in [0.5, 0.6) is 0 Å². The highest BCUT2D eigenvalue weighted by Gasteiger charge is 2.12. The standard InChI is InChI=1S/C17H13BrN4O2S2/c18-14-3-1-2-12-13(9-25-17(12)14)15-8-16(22-21-15)20-10-4-6-11(7-5-10)26(19,23)24/h1-9H,(H2,19,23,24)(H2,20,21,22). The molecule has 0 aliphatic rings. The molecule has 0 aliphatic heterocycles. The molecule has 4 N–H and O–H groups in total. The Hall–Kier alpha value is -2.20. The first-order valence-corrected chi connectivity index (χ1v) is 10.7. The molecule has 9 heteroatoms. The normalized spacial score (nSPS) is 11.8. The number of hydrogen-bond donors (Lipinski definition) is 3. The Morgan fingerprint density at radius 2 is 1.92 bits per heavy atom. The van der Waals surface area contributed by atoms with Gasteiger partial charge in [0.05, 0.1) is 10.6 Å². The summed E-state index contributed by atoms with van der Waals surface area (Å²) < 4.78 is 24.9. The van der Waals surface area contributed by atoms with Crippen molar-refractivity contribution in [2.24, 2.45) is 5.14 Å². The van der Waals surface area contributed by atoms with E-state index in [2.05, 4.69) is 42.9 Å².